The molecule has 36 heavy (non-hydrogen) atoms. The molecule has 10 atom stereocenters. The van der Waals surface area contributed by atoms with Gasteiger partial charge in [-0.05, 0) is 99.7 Å². The van der Waals surface area contributed by atoms with Gasteiger partial charge in [-0.15, -0.1) is 0 Å². The highest BCUT2D eigenvalue weighted by Gasteiger charge is 2.66. The van der Waals surface area contributed by atoms with Crippen molar-refractivity contribution in [3.05, 3.63) is 0 Å². The molecule has 8 unspecified atom stereocenters. The summed E-state index contributed by atoms with van der Waals surface area (Å²) >= 11 is 0. The SMILES string of the molecule is C[Si](C)(O[Si](C)(C)[C@H]1CC2CC1C(C(=O)O)C2C(=O)O)O[Si](C)(C)[C@H]1CC2CC1C1C(=O)OC(=O)C21. The zero-order valence-corrected chi connectivity index (χ0v) is 24.9. The van der Waals surface area contributed by atoms with Crippen molar-refractivity contribution in [2.45, 2.75) is 76.0 Å². The molecular weight excluding hydrogens is 517 g/mol. The summed E-state index contributed by atoms with van der Waals surface area (Å²) in [6.45, 7) is 12.8. The summed E-state index contributed by atoms with van der Waals surface area (Å²) in [7, 11) is -7.38. The van der Waals surface area contributed by atoms with Crippen molar-refractivity contribution in [1.29, 1.82) is 0 Å². The quantitative estimate of drug-likeness (QED) is 0.261. The minimum atomic E-state index is -2.64. The molecule has 1 aliphatic heterocycles. The van der Waals surface area contributed by atoms with Gasteiger partial charge in [-0.25, -0.2) is 0 Å². The van der Waals surface area contributed by atoms with Crippen LogP contribution in [0.4, 0.5) is 0 Å². The second kappa shape index (κ2) is 8.32. The standard InChI is InChI=1S/C24H38O9Si3/c1-34(2,15-9-11-7-13(15)19(22(27)28)17(11)21(25)26)32-36(5,6)33-35(3,4)16-10-12-8-14(16)20-18(12)23(29)31-24(20)30/h11-20H,7-10H2,1-6H3,(H,25,26)(H,27,28)/t11?,12?,13?,14?,15-,16-,17?,18?,19?,20?/m0/s1. The largest absolute Gasteiger partial charge is 0.481 e. The number of ether oxygens (including phenoxy) is 1. The lowest BCUT2D eigenvalue weighted by Gasteiger charge is -2.46. The summed E-state index contributed by atoms with van der Waals surface area (Å²) in [5.74, 6) is -4.93. The van der Waals surface area contributed by atoms with Crippen LogP contribution in [0.1, 0.15) is 25.7 Å². The molecule has 1 heterocycles. The van der Waals surface area contributed by atoms with E-state index in [1.165, 1.54) is 0 Å². The molecule has 5 aliphatic rings. The molecule has 12 heteroatoms. The van der Waals surface area contributed by atoms with Gasteiger partial charge >= 0.3 is 32.4 Å². The Morgan fingerprint density at radius 3 is 1.75 bits per heavy atom. The number of cyclic esters (lactones) is 2. The Kier molecular flexibility index (Phi) is 6.07. The van der Waals surface area contributed by atoms with Crippen LogP contribution in [0, 0.1) is 47.3 Å². The number of carboxylic acids is 2. The summed E-state index contributed by atoms with van der Waals surface area (Å²) in [5.41, 5.74) is 0.347. The maximum Gasteiger partial charge on any atom is 0.317 e. The molecule has 0 amide bonds. The molecule has 0 aromatic rings. The third-order valence-electron chi connectivity index (χ3n) is 10.1. The van der Waals surface area contributed by atoms with Crippen molar-refractivity contribution >= 4 is 49.1 Å². The van der Waals surface area contributed by atoms with E-state index in [9.17, 15) is 29.4 Å². The topological polar surface area (TPSA) is 136 Å². The van der Waals surface area contributed by atoms with Gasteiger partial charge in [0.1, 0.15) is 0 Å². The average molecular weight is 555 g/mol. The van der Waals surface area contributed by atoms with E-state index in [0.29, 0.717) is 12.8 Å². The van der Waals surface area contributed by atoms with Gasteiger partial charge in [0.25, 0.3) is 0 Å². The fourth-order valence-corrected chi connectivity index (χ4v) is 25.7. The van der Waals surface area contributed by atoms with Gasteiger partial charge in [-0.1, -0.05) is 0 Å². The molecule has 4 saturated carbocycles. The zero-order chi connectivity index (χ0) is 26.5. The number of aliphatic carboxylic acids is 2. The van der Waals surface area contributed by atoms with Crippen LogP contribution in [0.15, 0.2) is 0 Å². The smallest absolute Gasteiger partial charge is 0.317 e. The van der Waals surface area contributed by atoms with Gasteiger partial charge < -0.3 is 23.2 Å². The number of rotatable bonds is 8. The van der Waals surface area contributed by atoms with E-state index in [4.69, 9.17) is 13.0 Å². The first-order valence-corrected chi connectivity index (χ1v) is 21.9. The second-order valence-electron chi connectivity index (χ2n) is 13.3. The Morgan fingerprint density at radius 2 is 1.19 bits per heavy atom. The fraction of sp³-hybridized carbons (Fsp3) is 0.833. The molecule has 0 spiro atoms. The second-order valence-corrected chi connectivity index (χ2v) is 25.7. The third kappa shape index (κ3) is 3.98. The predicted octanol–water partition coefficient (Wildman–Crippen LogP) is 3.67. The van der Waals surface area contributed by atoms with Crippen molar-refractivity contribution in [3.63, 3.8) is 0 Å². The van der Waals surface area contributed by atoms with Crippen molar-refractivity contribution < 1.29 is 42.4 Å². The minimum absolute atomic E-state index is 0.0851. The fourth-order valence-electron chi connectivity index (χ4n) is 9.35. The van der Waals surface area contributed by atoms with Crippen LogP contribution >= 0.6 is 0 Å². The lowest BCUT2D eigenvalue weighted by Crippen LogP contribution is -2.57. The van der Waals surface area contributed by atoms with Crippen molar-refractivity contribution in [2.24, 2.45) is 47.3 Å². The van der Waals surface area contributed by atoms with Gasteiger partial charge in [-0.2, -0.15) is 0 Å². The lowest BCUT2D eigenvalue weighted by molar-refractivity contribution is -0.156. The van der Waals surface area contributed by atoms with Gasteiger partial charge in [0.05, 0.1) is 23.7 Å². The van der Waals surface area contributed by atoms with E-state index in [2.05, 4.69) is 39.3 Å². The lowest BCUT2D eigenvalue weighted by atomic mass is 9.79. The first-order chi connectivity index (χ1) is 16.5. The summed E-state index contributed by atoms with van der Waals surface area (Å²) in [5, 5.41) is 19.5. The van der Waals surface area contributed by atoms with E-state index >= 15 is 0 Å². The molecule has 0 aromatic heterocycles. The van der Waals surface area contributed by atoms with E-state index in [1.54, 1.807) is 0 Å². The molecule has 4 aliphatic carbocycles. The Labute approximate surface area is 214 Å². The van der Waals surface area contributed by atoms with Crippen LogP contribution in [0.25, 0.3) is 0 Å². The van der Waals surface area contributed by atoms with Crippen LogP contribution in [-0.2, 0) is 32.1 Å². The molecule has 5 rings (SSSR count). The van der Waals surface area contributed by atoms with Crippen molar-refractivity contribution in [2.75, 3.05) is 0 Å². The van der Waals surface area contributed by atoms with Crippen LogP contribution in [-0.4, -0.2) is 59.3 Å². The van der Waals surface area contributed by atoms with Crippen LogP contribution in [0.5, 0.6) is 0 Å². The van der Waals surface area contributed by atoms with Gasteiger partial charge in [0, 0.05) is 0 Å². The Hall–Kier alpha value is -1.35. The Balaban J connectivity index is 1.28. The van der Waals surface area contributed by atoms with E-state index in [-0.39, 0.29) is 58.5 Å². The molecule has 0 radical (unpaired) electrons. The van der Waals surface area contributed by atoms with Crippen molar-refractivity contribution in [3.8, 4) is 0 Å². The van der Waals surface area contributed by atoms with Gasteiger partial charge in [0.15, 0.2) is 16.6 Å². The highest BCUT2D eigenvalue weighted by Crippen LogP contribution is 2.64. The van der Waals surface area contributed by atoms with E-state index < -0.39 is 49.0 Å². The number of hydrogen-bond donors (Lipinski definition) is 2. The molecular formula is C24H38O9Si3. The summed E-state index contributed by atoms with van der Waals surface area (Å²) in [6, 6.07) is 0. The minimum Gasteiger partial charge on any atom is -0.481 e. The van der Waals surface area contributed by atoms with Crippen LogP contribution in [0.2, 0.25) is 50.4 Å². The number of carbonyl (C=O) groups excluding carboxylic acids is 2. The number of fused-ring (bicyclic) bond motifs is 7. The van der Waals surface area contributed by atoms with E-state index in [0.717, 1.165) is 12.8 Å². The number of esters is 2. The summed E-state index contributed by atoms with van der Waals surface area (Å²) < 4.78 is 18.8. The normalized spacial score (nSPS) is 41.6. The summed E-state index contributed by atoms with van der Waals surface area (Å²) in [4.78, 5) is 48.4. The maximum absolute atomic E-state index is 12.4. The van der Waals surface area contributed by atoms with Crippen LogP contribution in [0.3, 0.4) is 0 Å². The highest BCUT2D eigenvalue weighted by molar-refractivity contribution is 6.88. The van der Waals surface area contributed by atoms with Gasteiger partial charge in [-0.3, -0.25) is 19.2 Å². The molecule has 9 nitrogen and oxygen atoms in total. The van der Waals surface area contributed by atoms with Gasteiger partial charge in [0.2, 0.25) is 0 Å². The molecule has 1 saturated heterocycles. The Morgan fingerprint density at radius 1 is 0.722 bits per heavy atom. The molecule has 4 bridgehead atoms. The first-order valence-electron chi connectivity index (χ1n) is 13.2. The Bertz CT molecular complexity index is 1010. The molecule has 2 N–H and O–H groups in total. The predicted molar refractivity (Wildman–Crippen MR) is 135 cm³/mol. The number of hydrogen-bond acceptors (Lipinski definition) is 7. The summed E-state index contributed by atoms with van der Waals surface area (Å²) in [6.07, 6.45) is 3.13. The highest BCUT2D eigenvalue weighted by atomic mass is 28.5. The van der Waals surface area contributed by atoms with E-state index in [1.807, 2.05) is 0 Å². The zero-order valence-electron chi connectivity index (χ0n) is 21.9. The van der Waals surface area contributed by atoms with Crippen molar-refractivity contribution in [1.82, 2.24) is 0 Å². The maximum atomic E-state index is 12.4. The number of carboxylic acid groups (broad SMARTS) is 2. The third-order valence-corrected chi connectivity index (χ3v) is 23.2. The van der Waals surface area contributed by atoms with Crippen LogP contribution < -0.4 is 0 Å². The average Bonchev–Trinajstić information content (AvgIpc) is 3.50. The molecule has 5 fully saturated rings. The molecule has 200 valence electrons. The number of carbonyl (C=O) groups is 4. The first kappa shape index (κ1) is 26.3. The molecule has 0 aromatic carbocycles. The monoisotopic (exact) mass is 554 g/mol.